The van der Waals surface area contributed by atoms with Crippen molar-refractivity contribution in [2.45, 2.75) is 58.1 Å². The summed E-state index contributed by atoms with van der Waals surface area (Å²) in [6.45, 7) is 4.65. The zero-order chi connectivity index (χ0) is 15.9. The van der Waals surface area contributed by atoms with Gasteiger partial charge in [0.25, 0.3) is 0 Å². The highest BCUT2D eigenvalue weighted by Crippen LogP contribution is 2.23. The molecule has 1 amide bonds. The molecule has 2 unspecified atom stereocenters. The highest BCUT2D eigenvalue weighted by molar-refractivity contribution is 5.85. The zero-order valence-electron chi connectivity index (χ0n) is 14.1. The Kier molecular flexibility index (Phi) is 8.42. The van der Waals surface area contributed by atoms with Crippen LogP contribution >= 0.6 is 12.4 Å². The number of nitrogens with two attached hydrogens (primary N) is 1. The first-order valence-electron chi connectivity index (χ1n) is 8.33. The molecule has 0 aliphatic heterocycles. The quantitative estimate of drug-likeness (QED) is 0.836. The van der Waals surface area contributed by atoms with E-state index in [-0.39, 0.29) is 30.5 Å². The van der Waals surface area contributed by atoms with Gasteiger partial charge in [0, 0.05) is 6.04 Å². The molecule has 0 spiro atoms. The van der Waals surface area contributed by atoms with Crippen LogP contribution in [0, 0.1) is 5.92 Å². The molecular formula is C18H29ClN2O2. The minimum atomic E-state index is 0. The van der Waals surface area contributed by atoms with Gasteiger partial charge in [0.05, 0.1) is 12.5 Å². The molecule has 1 aliphatic rings. The summed E-state index contributed by atoms with van der Waals surface area (Å²) in [5, 5.41) is 3.17. The predicted octanol–water partition coefficient (Wildman–Crippen LogP) is 3.07. The molecular weight excluding hydrogens is 312 g/mol. The highest BCUT2D eigenvalue weighted by Gasteiger charge is 2.25. The zero-order valence-corrected chi connectivity index (χ0v) is 14.9. The summed E-state index contributed by atoms with van der Waals surface area (Å²) in [5.74, 6) is 1.32. The van der Waals surface area contributed by atoms with Crippen molar-refractivity contribution in [3.8, 4) is 5.75 Å². The number of halogens is 1. The lowest BCUT2D eigenvalue weighted by atomic mass is 9.84. The Morgan fingerprint density at radius 1 is 1.35 bits per heavy atom. The number of ether oxygens (including phenoxy) is 1. The Hall–Kier alpha value is -1.26. The molecule has 2 atom stereocenters. The molecule has 1 saturated carbocycles. The van der Waals surface area contributed by atoms with Gasteiger partial charge < -0.3 is 15.8 Å². The highest BCUT2D eigenvalue weighted by atomic mass is 35.5. The topological polar surface area (TPSA) is 64.3 Å². The third kappa shape index (κ3) is 6.40. The van der Waals surface area contributed by atoms with E-state index in [9.17, 15) is 4.79 Å². The van der Waals surface area contributed by atoms with Crippen LogP contribution in [0.3, 0.4) is 0 Å². The fourth-order valence-electron chi connectivity index (χ4n) is 3.12. The SMILES string of the molecule is CC(C)Oc1cccc(CC(=O)NC2CCCCC2CN)c1.Cl. The molecule has 23 heavy (non-hydrogen) atoms. The summed E-state index contributed by atoms with van der Waals surface area (Å²) in [6, 6.07) is 8.01. The monoisotopic (exact) mass is 340 g/mol. The number of rotatable bonds is 6. The third-order valence-corrected chi connectivity index (χ3v) is 4.19. The number of carbonyl (C=O) groups excluding carboxylic acids is 1. The summed E-state index contributed by atoms with van der Waals surface area (Å²) in [7, 11) is 0. The van der Waals surface area contributed by atoms with E-state index in [4.69, 9.17) is 10.5 Å². The minimum absolute atomic E-state index is 0. The number of benzene rings is 1. The van der Waals surface area contributed by atoms with E-state index in [1.807, 2.05) is 38.1 Å². The second-order valence-electron chi connectivity index (χ2n) is 6.45. The van der Waals surface area contributed by atoms with Gasteiger partial charge in [0.15, 0.2) is 0 Å². The van der Waals surface area contributed by atoms with Crippen molar-refractivity contribution in [1.29, 1.82) is 0 Å². The van der Waals surface area contributed by atoms with Crippen molar-refractivity contribution in [3.63, 3.8) is 0 Å². The first kappa shape index (κ1) is 19.8. The van der Waals surface area contributed by atoms with Crippen LogP contribution in [0.25, 0.3) is 0 Å². The predicted molar refractivity (Wildman–Crippen MR) is 96.1 cm³/mol. The van der Waals surface area contributed by atoms with Crippen molar-refractivity contribution >= 4 is 18.3 Å². The summed E-state index contributed by atoms with van der Waals surface area (Å²) in [5.41, 5.74) is 6.80. The normalized spacial score (nSPS) is 20.7. The van der Waals surface area contributed by atoms with Crippen LogP contribution < -0.4 is 15.8 Å². The van der Waals surface area contributed by atoms with E-state index in [1.165, 1.54) is 12.8 Å². The number of nitrogens with one attached hydrogen (secondary N) is 1. The van der Waals surface area contributed by atoms with Gasteiger partial charge in [-0.05, 0) is 56.8 Å². The Bertz CT molecular complexity index is 494. The van der Waals surface area contributed by atoms with Crippen LogP contribution in [-0.4, -0.2) is 24.6 Å². The second kappa shape index (κ2) is 9.78. The van der Waals surface area contributed by atoms with Crippen molar-refractivity contribution in [1.82, 2.24) is 5.32 Å². The van der Waals surface area contributed by atoms with Crippen LogP contribution in [0.2, 0.25) is 0 Å². The van der Waals surface area contributed by atoms with E-state index in [0.717, 1.165) is 24.2 Å². The van der Waals surface area contributed by atoms with Gasteiger partial charge in [-0.3, -0.25) is 4.79 Å². The first-order valence-corrected chi connectivity index (χ1v) is 8.33. The van der Waals surface area contributed by atoms with E-state index in [0.29, 0.717) is 18.9 Å². The molecule has 1 aromatic carbocycles. The minimum Gasteiger partial charge on any atom is -0.491 e. The van der Waals surface area contributed by atoms with Crippen LogP contribution in [-0.2, 0) is 11.2 Å². The maximum atomic E-state index is 12.3. The largest absolute Gasteiger partial charge is 0.491 e. The van der Waals surface area contributed by atoms with Crippen molar-refractivity contribution in [3.05, 3.63) is 29.8 Å². The summed E-state index contributed by atoms with van der Waals surface area (Å²) < 4.78 is 5.67. The second-order valence-corrected chi connectivity index (χ2v) is 6.45. The van der Waals surface area contributed by atoms with E-state index < -0.39 is 0 Å². The lowest BCUT2D eigenvalue weighted by molar-refractivity contribution is -0.121. The number of amides is 1. The maximum Gasteiger partial charge on any atom is 0.224 e. The van der Waals surface area contributed by atoms with Gasteiger partial charge in [-0.25, -0.2) is 0 Å². The molecule has 1 fully saturated rings. The lowest BCUT2D eigenvalue weighted by Gasteiger charge is -2.31. The summed E-state index contributed by atoms with van der Waals surface area (Å²) in [6.07, 6.45) is 5.10. The number of hydrogen-bond acceptors (Lipinski definition) is 3. The molecule has 0 radical (unpaired) electrons. The molecule has 0 heterocycles. The third-order valence-electron chi connectivity index (χ3n) is 4.19. The smallest absolute Gasteiger partial charge is 0.224 e. The van der Waals surface area contributed by atoms with Crippen LogP contribution in [0.4, 0.5) is 0 Å². The molecule has 4 nitrogen and oxygen atoms in total. The molecule has 0 aromatic heterocycles. The first-order chi connectivity index (χ1) is 10.6. The average molecular weight is 341 g/mol. The van der Waals surface area contributed by atoms with E-state index >= 15 is 0 Å². The lowest BCUT2D eigenvalue weighted by Crippen LogP contribution is -2.45. The number of carbonyl (C=O) groups is 1. The molecule has 2 rings (SSSR count). The van der Waals surface area contributed by atoms with Gasteiger partial charge in [0.2, 0.25) is 5.91 Å². The van der Waals surface area contributed by atoms with Gasteiger partial charge in [-0.2, -0.15) is 0 Å². The van der Waals surface area contributed by atoms with Gasteiger partial charge in [-0.15, -0.1) is 12.4 Å². The van der Waals surface area contributed by atoms with Crippen LogP contribution in [0.5, 0.6) is 5.75 Å². The van der Waals surface area contributed by atoms with Gasteiger partial charge >= 0.3 is 0 Å². The number of hydrogen-bond donors (Lipinski definition) is 2. The molecule has 0 bridgehead atoms. The fourth-order valence-corrected chi connectivity index (χ4v) is 3.12. The standard InChI is InChI=1S/C18H28N2O2.ClH/c1-13(2)22-16-8-5-6-14(10-16)11-18(21)20-17-9-4-3-7-15(17)12-19;/h5-6,8,10,13,15,17H,3-4,7,9,11-12,19H2,1-2H3,(H,20,21);1H. The summed E-state index contributed by atoms with van der Waals surface area (Å²) in [4.78, 5) is 12.3. The van der Waals surface area contributed by atoms with Crippen LogP contribution in [0.1, 0.15) is 45.1 Å². The molecule has 0 saturated heterocycles. The van der Waals surface area contributed by atoms with Crippen LogP contribution in [0.15, 0.2) is 24.3 Å². The Morgan fingerprint density at radius 3 is 2.78 bits per heavy atom. The molecule has 1 aromatic rings. The molecule has 5 heteroatoms. The molecule has 130 valence electrons. The Labute approximate surface area is 145 Å². The van der Waals surface area contributed by atoms with Crippen molar-refractivity contribution < 1.29 is 9.53 Å². The maximum absolute atomic E-state index is 12.3. The van der Waals surface area contributed by atoms with Crippen molar-refractivity contribution in [2.24, 2.45) is 11.7 Å². The fraction of sp³-hybridized carbons (Fsp3) is 0.611. The Balaban J connectivity index is 0.00000264. The summed E-state index contributed by atoms with van der Waals surface area (Å²) >= 11 is 0. The van der Waals surface area contributed by atoms with Gasteiger partial charge in [0.1, 0.15) is 5.75 Å². The van der Waals surface area contributed by atoms with E-state index in [1.54, 1.807) is 0 Å². The molecule has 1 aliphatic carbocycles. The van der Waals surface area contributed by atoms with E-state index in [2.05, 4.69) is 5.32 Å². The Morgan fingerprint density at radius 2 is 2.09 bits per heavy atom. The van der Waals surface area contributed by atoms with Gasteiger partial charge in [-0.1, -0.05) is 25.0 Å². The van der Waals surface area contributed by atoms with Crippen molar-refractivity contribution in [2.75, 3.05) is 6.54 Å². The molecule has 3 N–H and O–H groups in total. The average Bonchev–Trinajstić information content (AvgIpc) is 2.47.